The van der Waals surface area contributed by atoms with E-state index in [9.17, 15) is 18.5 Å². The third kappa shape index (κ3) is 5.43. The number of rotatable bonds is 6. The van der Waals surface area contributed by atoms with Gasteiger partial charge in [0.15, 0.2) is 4.71 Å². The van der Waals surface area contributed by atoms with Gasteiger partial charge in [0.1, 0.15) is 15.7 Å². The predicted molar refractivity (Wildman–Crippen MR) is 122 cm³/mol. The van der Waals surface area contributed by atoms with Crippen LogP contribution in [0.5, 0.6) is 0 Å². The van der Waals surface area contributed by atoms with Crippen molar-refractivity contribution in [3.05, 3.63) is 45.7 Å². The number of hydrogen-bond donors (Lipinski definition) is 2. The van der Waals surface area contributed by atoms with Crippen molar-refractivity contribution in [2.75, 3.05) is 7.05 Å². The van der Waals surface area contributed by atoms with Gasteiger partial charge in [-0.3, -0.25) is 4.79 Å². The Kier molecular flexibility index (Phi) is 7.44. The maximum Gasteiger partial charge on any atom is 0.259 e. The van der Waals surface area contributed by atoms with E-state index in [4.69, 9.17) is 5.14 Å². The molecule has 0 radical (unpaired) electrons. The number of thioether (sulfide) groups is 1. The third-order valence-corrected chi connectivity index (χ3v) is 8.79. The average Bonchev–Trinajstić information content (AvgIpc) is 2.96. The van der Waals surface area contributed by atoms with Crippen molar-refractivity contribution in [3.63, 3.8) is 0 Å². The van der Waals surface area contributed by atoms with E-state index in [-0.39, 0.29) is 24.1 Å². The summed E-state index contributed by atoms with van der Waals surface area (Å²) in [4.78, 5) is 15.0. The molecule has 1 aliphatic heterocycles. The number of halogens is 1. The van der Waals surface area contributed by atoms with Gasteiger partial charge in [0, 0.05) is 18.2 Å². The van der Waals surface area contributed by atoms with Crippen LogP contribution in [0.15, 0.2) is 27.6 Å². The van der Waals surface area contributed by atoms with E-state index in [0.717, 1.165) is 17.3 Å². The molecule has 2 rings (SSSR count). The highest BCUT2D eigenvalue weighted by atomic mass is 32.3. The molecule has 0 spiro atoms. The van der Waals surface area contributed by atoms with Gasteiger partial charge in [0.05, 0.1) is 12.0 Å². The summed E-state index contributed by atoms with van der Waals surface area (Å²) in [6, 6.07) is 3.12. The number of hydrogen-bond acceptors (Lipinski definition) is 5. The first kappa shape index (κ1) is 24.8. The molecule has 0 aliphatic carbocycles. The average molecular weight is 458 g/mol. The molecule has 168 valence electrons. The molecule has 9 heteroatoms. The van der Waals surface area contributed by atoms with Gasteiger partial charge in [-0.25, -0.2) is 13.7 Å². The second-order valence-corrected chi connectivity index (χ2v) is 12.0. The van der Waals surface area contributed by atoms with E-state index in [2.05, 4.69) is 4.36 Å². The van der Waals surface area contributed by atoms with Crippen molar-refractivity contribution in [3.8, 4) is 0 Å². The zero-order chi connectivity index (χ0) is 23.0. The normalized spacial score (nSPS) is 19.3. The first-order chi connectivity index (χ1) is 13.6. The molecule has 1 amide bonds. The molecule has 6 nitrogen and oxygen atoms in total. The minimum Gasteiger partial charge on any atom is -0.385 e. The lowest BCUT2D eigenvalue weighted by Gasteiger charge is -2.22. The Labute approximate surface area is 183 Å². The quantitative estimate of drug-likeness (QED) is 0.672. The highest BCUT2D eigenvalue weighted by Gasteiger charge is 2.36. The number of carbonyl (C=O) groups is 1. The number of amides is 1. The summed E-state index contributed by atoms with van der Waals surface area (Å²) in [5.74, 6) is -1.05. The molecule has 0 aromatic heterocycles. The summed E-state index contributed by atoms with van der Waals surface area (Å²) in [5.41, 5.74) is 0.816. The molecule has 2 unspecified atom stereocenters. The first-order valence-electron chi connectivity index (χ1n) is 9.86. The lowest BCUT2D eigenvalue weighted by molar-refractivity contribution is -0.117. The van der Waals surface area contributed by atoms with Crippen LogP contribution in [0.1, 0.15) is 70.1 Å². The van der Waals surface area contributed by atoms with Gasteiger partial charge in [-0.15, -0.1) is 4.36 Å². The van der Waals surface area contributed by atoms with E-state index >= 15 is 0 Å². The lowest BCUT2D eigenvalue weighted by Crippen LogP contribution is -2.35. The van der Waals surface area contributed by atoms with Crippen molar-refractivity contribution in [1.29, 1.82) is 0 Å². The fraction of sp³-hybridized carbons (Fsp3) is 0.571. The van der Waals surface area contributed by atoms with E-state index in [1.807, 2.05) is 27.7 Å². The standard InChI is InChI=1S/C21H32FN3O3S2/c1-12(2)14-8-9-16(22)19(13(3)4)15(14)10-18(26)24-30(23,28)20-25(7)11-17(29-20)21(5,6)27/h8-9,11-13,20,27H,10H2,1-7H3,(H2,23,24,26,28). The van der Waals surface area contributed by atoms with Crippen LogP contribution in [0.3, 0.4) is 0 Å². The van der Waals surface area contributed by atoms with Crippen LogP contribution >= 0.6 is 11.8 Å². The lowest BCUT2D eigenvalue weighted by atomic mass is 9.86. The van der Waals surface area contributed by atoms with Crippen molar-refractivity contribution < 1.29 is 18.5 Å². The molecule has 0 fully saturated rings. The summed E-state index contributed by atoms with van der Waals surface area (Å²) in [6.45, 7) is 10.9. The number of nitrogens with two attached hydrogens (primary N) is 1. The molecule has 0 saturated heterocycles. The molecule has 1 heterocycles. The van der Waals surface area contributed by atoms with Crippen LogP contribution < -0.4 is 5.14 Å². The number of nitrogens with zero attached hydrogens (tertiary/aromatic N) is 2. The van der Waals surface area contributed by atoms with Gasteiger partial charge in [-0.05, 0) is 48.4 Å². The minimum atomic E-state index is -3.44. The Morgan fingerprint density at radius 3 is 2.40 bits per heavy atom. The highest BCUT2D eigenvalue weighted by Crippen LogP contribution is 2.40. The van der Waals surface area contributed by atoms with E-state index in [1.54, 1.807) is 38.1 Å². The van der Waals surface area contributed by atoms with Crippen LogP contribution in [0, 0.1) is 5.82 Å². The van der Waals surface area contributed by atoms with Gasteiger partial charge in [0.2, 0.25) is 0 Å². The molecule has 1 aliphatic rings. The van der Waals surface area contributed by atoms with Gasteiger partial charge in [0.25, 0.3) is 5.91 Å². The topological polar surface area (TPSA) is 96.0 Å². The zero-order valence-corrected chi connectivity index (χ0v) is 20.2. The fourth-order valence-electron chi connectivity index (χ4n) is 3.48. The van der Waals surface area contributed by atoms with Crippen molar-refractivity contribution in [1.82, 2.24) is 4.90 Å². The molecule has 0 saturated carbocycles. The molecular formula is C21H32FN3O3S2. The largest absolute Gasteiger partial charge is 0.385 e. The Morgan fingerprint density at radius 2 is 1.93 bits per heavy atom. The summed E-state index contributed by atoms with van der Waals surface area (Å²) < 4.78 is 30.7. The van der Waals surface area contributed by atoms with E-state index < -0.39 is 26.1 Å². The van der Waals surface area contributed by atoms with Crippen molar-refractivity contribution in [2.24, 2.45) is 9.50 Å². The van der Waals surface area contributed by atoms with E-state index in [0.29, 0.717) is 16.0 Å². The van der Waals surface area contributed by atoms with Crippen LogP contribution in [0.4, 0.5) is 4.39 Å². The van der Waals surface area contributed by atoms with Gasteiger partial charge in [-0.2, -0.15) is 0 Å². The number of aliphatic hydroxyl groups is 1. The van der Waals surface area contributed by atoms with Crippen molar-refractivity contribution in [2.45, 2.75) is 70.1 Å². The second kappa shape index (κ2) is 8.98. The van der Waals surface area contributed by atoms with Crippen LogP contribution in [0.2, 0.25) is 0 Å². The zero-order valence-electron chi connectivity index (χ0n) is 18.6. The van der Waals surface area contributed by atoms with Gasteiger partial charge >= 0.3 is 0 Å². The predicted octanol–water partition coefficient (Wildman–Crippen LogP) is 4.06. The fourth-order valence-corrected chi connectivity index (χ4v) is 6.44. The van der Waals surface area contributed by atoms with Gasteiger partial charge < -0.3 is 10.0 Å². The molecule has 1 aromatic rings. The number of carbonyl (C=O) groups excluding carboxylic acids is 1. The van der Waals surface area contributed by atoms with Crippen molar-refractivity contribution >= 4 is 27.6 Å². The van der Waals surface area contributed by atoms with Gasteiger partial charge in [-0.1, -0.05) is 45.5 Å². The summed E-state index contributed by atoms with van der Waals surface area (Å²) in [6.07, 6.45) is 1.49. The molecule has 30 heavy (non-hydrogen) atoms. The van der Waals surface area contributed by atoms with Crippen LogP contribution in [-0.2, 0) is 21.1 Å². The van der Waals surface area contributed by atoms with Crippen LogP contribution in [0.25, 0.3) is 0 Å². The highest BCUT2D eigenvalue weighted by molar-refractivity contribution is 8.15. The molecule has 1 aromatic carbocycles. The summed E-state index contributed by atoms with van der Waals surface area (Å²) in [5, 5.41) is 16.2. The minimum absolute atomic E-state index is 0.0863. The second-order valence-electron chi connectivity index (χ2n) is 8.76. The Morgan fingerprint density at radius 1 is 1.33 bits per heavy atom. The number of benzene rings is 1. The maximum atomic E-state index is 14.5. The summed E-state index contributed by atoms with van der Waals surface area (Å²) >= 11 is 1.13. The molecule has 0 bridgehead atoms. The first-order valence-corrected chi connectivity index (χ1v) is 12.4. The SMILES string of the molecule is CC(C)c1ccc(F)c(C(C)C)c1CC(=O)N=S(N)(=O)C1SC(C(C)(C)O)=CN1C. The summed E-state index contributed by atoms with van der Waals surface area (Å²) in [7, 11) is -1.77. The van der Waals surface area contributed by atoms with E-state index in [1.165, 1.54) is 6.07 Å². The molecule has 3 N–H and O–H groups in total. The Balaban J connectivity index is 2.39. The van der Waals surface area contributed by atoms with Crippen LogP contribution in [-0.4, -0.2) is 37.5 Å². The smallest absolute Gasteiger partial charge is 0.259 e. The molecule has 2 atom stereocenters. The Hall–Kier alpha value is -1.42. The Bertz CT molecular complexity index is 974. The monoisotopic (exact) mass is 457 g/mol. The molecular weight excluding hydrogens is 425 g/mol. The maximum absolute atomic E-state index is 14.5. The third-order valence-electron chi connectivity index (χ3n) is 4.89.